The van der Waals surface area contributed by atoms with E-state index < -0.39 is 0 Å². The van der Waals surface area contributed by atoms with Gasteiger partial charge >= 0.3 is 0 Å². The van der Waals surface area contributed by atoms with Gasteiger partial charge in [-0.3, -0.25) is 0 Å². The molecular formula is C15H34N2Si2. The highest BCUT2D eigenvalue weighted by Gasteiger charge is 2.31. The van der Waals surface area contributed by atoms with Crippen molar-refractivity contribution in [2.75, 3.05) is 0 Å². The van der Waals surface area contributed by atoms with Crippen LogP contribution in [0.1, 0.15) is 69.2 Å². The summed E-state index contributed by atoms with van der Waals surface area (Å²) in [7, 11) is 1.79. The fourth-order valence-electron chi connectivity index (χ4n) is 2.38. The summed E-state index contributed by atoms with van der Waals surface area (Å²) in [5, 5.41) is 0. The van der Waals surface area contributed by atoms with Crippen LogP contribution in [0.3, 0.4) is 0 Å². The van der Waals surface area contributed by atoms with Crippen LogP contribution < -0.4 is 0 Å². The van der Waals surface area contributed by atoms with Crippen LogP contribution in [0.2, 0.25) is 4.66 Å². The summed E-state index contributed by atoms with van der Waals surface area (Å²) in [4.78, 5) is 0. The highest BCUT2D eigenvalue weighted by molar-refractivity contribution is 6.59. The zero-order chi connectivity index (χ0) is 15.4. The van der Waals surface area contributed by atoms with Crippen molar-refractivity contribution < 1.29 is 0 Å². The van der Waals surface area contributed by atoms with Gasteiger partial charge in [0, 0.05) is 0 Å². The van der Waals surface area contributed by atoms with Gasteiger partial charge in [-0.1, -0.05) is 69.2 Å². The van der Waals surface area contributed by atoms with Gasteiger partial charge in [0.1, 0.15) is 19.4 Å². The predicted octanol–water partition coefficient (Wildman–Crippen LogP) is 3.62. The van der Waals surface area contributed by atoms with E-state index in [0.717, 1.165) is 19.4 Å². The molecule has 0 spiro atoms. The van der Waals surface area contributed by atoms with Gasteiger partial charge in [-0.05, 0) is 28.8 Å². The summed E-state index contributed by atoms with van der Waals surface area (Å²) in [6, 6.07) is 2.53. The average Bonchev–Trinajstić information content (AvgIpc) is 2.21. The lowest BCUT2D eigenvalue weighted by Crippen LogP contribution is -2.51. The minimum Gasteiger partial charge on any atom is -0.321 e. The molecule has 0 N–H and O–H groups in total. The van der Waals surface area contributed by atoms with Gasteiger partial charge in [0.15, 0.2) is 0 Å². The van der Waals surface area contributed by atoms with Gasteiger partial charge in [-0.25, -0.2) is 0 Å². The average molecular weight is 299 g/mol. The number of rotatable bonds is 8. The second kappa shape index (κ2) is 7.96. The molecule has 4 radical (unpaired) electrons. The standard InChI is InChI=1S/C15H34N2Si2/c1-11(2)16(12(3)4)18-15(9,10)19-17(13(5)6)14(7)8/h11-14H,1-10H3. The lowest BCUT2D eigenvalue weighted by molar-refractivity contribution is 0.294. The summed E-state index contributed by atoms with van der Waals surface area (Å²) in [6.45, 7) is 23.4. The van der Waals surface area contributed by atoms with Crippen LogP contribution >= 0.6 is 0 Å². The van der Waals surface area contributed by atoms with Gasteiger partial charge < -0.3 is 9.13 Å². The smallest absolute Gasteiger partial charge is 0.146 e. The first-order chi connectivity index (χ1) is 8.48. The van der Waals surface area contributed by atoms with Crippen molar-refractivity contribution in [3.05, 3.63) is 0 Å². The molecule has 0 aromatic rings. The van der Waals surface area contributed by atoms with Gasteiger partial charge in [0.2, 0.25) is 0 Å². The molecule has 0 saturated heterocycles. The molecule has 0 fully saturated rings. The second-order valence-electron chi connectivity index (χ2n) is 7.04. The fraction of sp³-hybridized carbons (Fsp3) is 1.00. The molecule has 0 saturated carbocycles. The van der Waals surface area contributed by atoms with E-state index >= 15 is 0 Å². The van der Waals surface area contributed by atoms with Crippen molar-refractivity contribution in [2.24, 2.45) is 0 Å². The molecule has 0 heterocycles. The Kier molecular flexibility index (Phi) is 8.11. The van der Waals surface area contributed by atoms with E-state index in [1.54, 1.807) is 0 Å². The van der Waals surface area contributed by atoms with E-state index in [1.807, 2.05) is 0 Å². The highest BCUT2D eigenvalue weighted by atomic mass is 28.3. The lowest BCUT2D eigenvalue weighted by Gasteiger charge is -2.41. The maximum atomic E-state index is 2.64. The molecular weight excluding hydrogens is 264 g/mol. The molecule has 0 unspecified atom stereocenters. The SMILES string of the molecule is CC(C)N([Si]C(C)(C)[Si]N(C(C)C)C(C)C)C(C)C. The van der Waals surface area contributed by atoms with Crippen LogP contribution in [0.15, 0.2) is 0 Å². The van der Waals surface area contributed by atoms with Gasteiger partial charge in [-0.15, -0.1) is 0 Å². The van der Waals surface area contributed by atoms with Crippen molar-refractivity contribution in [1.82, 2.24) is 9.13 Å². The Morgan fingerprint density at radius 3 is 0.947 bits per heavy atom. The van der Waals surface area contributed by atoms with Gasteiger partial charge in [0.25, 0.3) is 0 Å². The summed E-state index contributed by atoms with van der Waals surface area (Å²) < 4.78 is 5.67. The molecule has 0 bridgehead atoms. The van der Waals surface area contributed by atoms with E-state index in [-0.39, 0.29) is 0 Å². The Labute approximate surface area is 127 Å². The predicted molar refractivity (Wildman–Crippen MR) is 89.8 cm³/mol. The van der Waals surface area contributed by atoms with E-state index in [1.165, 1.54) is 0 Å². The molecule has 0 aromatic heterocycles. The largest absolute Gasteiger partial charge is 0.321 e. The zero-order valence-electron chi connectivity index (χ0n) is 14.7. The minimum atomic E-state index is 0.378. The molecule has 0 aliphatic rings. The first-order valence-corrected chi connectivity index (χ1v) is 9.49. The minimum absolute atomic E-state index is 0.378. The van der Waals surface area contributed by atoms with E-state index in [4.69, 9.17) is 0 Å². The Morgan fingerprint density at radius 1 is 0.579 bits per heavy atom. The Balaban J connectivity index is 4.77. The molecule has 4 heteroatoms. The molecule has 2 nitrogen and oxygen atoms in total. The van der Waals surface area contributed by atoms with Gasteiger partial charge in [0.05, 0.1) is 0 Å². The summed E-state index contributed by atoms with van der Waals surface area (Å²) >= 11 is 0. The van der Waals surface area contributed by atoms with Gasteiger partial charge in [-0.2, -0.15) is 0 Å². The van der Waals surface area contributed by atoms with Crippen molar-refractivity contribution >= 4 is 19.4 Å². The Bertz CT molecular complexity index is 211. The Morgan fingerprint density at radius 2 is 0.789 bits per heavy atom. The second-order valence-corrected chi connectivity index (χ2v) is 11.5. The first-order valence-electron chi connectivity index (χ1n) is 7.60. The van der Waals surface area contributed by atoms with Crippen LogP contribution in [0.5, 0.6) is 0 Å². The quantitative estimate of drug-likeness (QED) is 0.632. The molecule has 0 atom stereocenters. The molecule has 0 aliphatic carbocycles. The van der Waals surface area contributed by atoms with Crippen molar-refractivity contribution in [2.45, 2.75) is 98.1 Å². The van der Waals surface area contributed by atoms with E-state index in [2.05, 4.69) is 78.4 Å². The maximum absolute atomic E-state index is 2.64. The van der Waals surface area contributed by atoms with Crippen molar-refractivity contribution in [1.29, 1.82) is 0 Å². The topological polar surface area (TPSA) is 6.48 Å². The normalized spacial score (nSPS) is 13.9. The summed E-state index contributed by atoms with van der Waals surface area (Å²) in [5.41, 5.74) is 0. The molecule has 0 amide bonds. The van der Waals surface area contributed by atoms with Crippen LogP contribution in [0, 0.1) is 0 Å². The number of nitrogens with zero attached hydrogens (tertiary/aromatic N) is 2. The van der Waals surface area contributed by atoms with Crippen LogP contribution in [-0.2, 0) is 0 Å². The molecule has 0 aliphatic heterocycles. The third-order valence-corrected chi connectivity index (χ3v) is 7.41. The monoisotopic (exact) mass is 298 g/mol. The molecule has 19 heavy (non-hydrogen) atoms. The Hall–Kier alpha value is 0.354. The molecule has 112 valence electrons. The van der Waals surface area contributed by atoms with E-state index in [9.17, 15) is 0 Å². The maximum Gasteiger partial charge on any atom is 0.146 e. The zero-order valence-corrected chi connectivity index (χ0v) is 16.7. The first kappa shape index (κ1) is 19.4. The fourth-order valence-corrected chi connectivity index (χ4v) is 5.68. The number of hydrogen-bond acceptors (Lipinski definition) is 2. The summed E-state index contributed by atoms with van der Waals surface area (Å²) in [5.74, 6) is 0. The molecule has 0 aromatic carbocycles. The van der Waals surface area contributed by atoms with Crippen molar-refractivity contribution in [3.63, 3.8) is 0 Å². The van der Waals surface area contributed by atoms with Crippen LogP contribution in [0.4, 0.5) is 0 Å². The van der Waals surface area contributed by atoms with Crippen LogP contribution in [-0.4, -0.2) is 52.7 Å². The molecule has 0 rings (SSSR count). The summed E-state index contributed by atoms with van der Waals surface area (Å²) in [6.07, 6.45) is 0. The number of hydrogen-bond donors (Lipinski definition) is 0. The van der Waals surface area contributed by atoms with E-state index in [0.29, 0.717) is 28.8 Å². The van der Waals surface area contributed by atoms with Crippen molar-refractivity contribution in [3.8, 4) is 0 Å². The van der Waals surface area contributed by atoms with Crippen LogP contribution in [0.25, 0.3) is 0 Å². The third kappa shape index (κ3) is 7.07. The lowest BCUT2D eigenvalue weighted by atomic mass is 10.3. The highest BCUT2D eigenvalue weighted by Crippen LogP contribution is 2.26. The third-order valence-electron chi connectivity index (χ3n) is 3.04.